The van der Waals surface area contributed by atoms with Crippen LogP contribution in [0.1, 0.15) is 31.7 Å². The van der Waals surface area contributed by atoms with E-state index in [0.717, 1.165) is 49.5 Å². The monoisotopic (exact) mass is 478 g/mol. The molecule has 1 saturated carbocycles. The summed E-state index contributed by atoms with van der Waals surface area (Å²) in [5.74, 6) is -0.149. The predicted octanol–water partition coefficient (Wildman–Crippen LogP) is 1.99. The van der Waals surface area contributed by atoms with Crippen molar-refractivity contribution < 1.29 is 14.7 Å². The van der Waals surface area contributed by atoms with Crippen LogP contribution in [0.5, 0.6) is 0 Å². The van der Waals surface area contributed by atoms with Crippen molar-refractivity contribution in [3.05, 3.63) is 36.8 Å². The van der Waals surface area contributed by atoms with Gasteiger partial charge in [-0.3, -0.25) is 9.59 Å². The van der Waals surface area contributed by atoms with Crippen molar-refractivity contribution in [1.29, 1.82) is 0 Å². The first kappa shape index (κ1) is 23.0. The van der Waals surface area contributed by atoms with Crippen LogP contribution >= 0.6 is 0 Å². The molecule has 4 heterocycles. The molecule has 1 aliphatic heterocycles. The highest BCUT2D eigenvalue weighted by Crippen LogP contribution is 2.51. The third-order valence-corrected chi connectivity index (χ3v) is 7.33. The molecule has 11 nitrogen and oxygen atoms in total. The van der Waals surface area contributed by atoms with Crippen molar-refractivity contribution in [2.75, 3.05) is 43.4 Å². The van der Waals surface area contributed by atoms with Crippen molar-refractivity contribution >= 4 is 40.4 Å². The van der Waals surface area contributed by atoms with E-state index in [1.54, 1.807) is 23.2 Å². The van der Waals surface area contributed by atoms with Gasteiger partial charge in [-0.1, -0.05) is 6.42 Å². The number of nitrogens with zero attached hydrogens (tertiary/aromatic N) is 6. The van der Waals surface area contributed by atoms with Gasteiger partial charge >= 0.3 is 5.97 Å². The first-order valence-corrected chi connectivity index (χ1v) is 11.9. The van der Waals surface area contributed by atoms with Gasteiger partial charge in [-0.25, -0.2) is 9.97 Å². The Morgan fingerprint density at radius 1 is 1.14 bits per heavy atom. The molecule has 1 saturated heterocycles. The Morgan fingerprint density at radius 3 is 2.51 bits per heavy atom. The van der Waals surface area contributed by atoms with Gasteiger partial charge in [0, 0.05) is 50.4 Å². The molecule has 0 aromatic carbocycles. The van der Waals surface area contributed by atoms with E-state index >= 15 is 0 Å². The molecule has 0 spiro atoms. The number of fused-ring (bicyclic) bond motifs is 1. The van der Waals surface area contributed by atoms with Crippen molar-refractivity contribution in [3.8, 4) is 0 Å². The number of pyridine rings is 1. The Labute approximate surface area is 203 Å². The van der Waals surface area contributed by atoms with Gasteiger partial charge in [-0.15, -0.1) is 0 Å². The second kappa shape index (κ2) is 9.14. The second-order valence-corrected chi connectivity index (χ2v) is 9.52. The van der Waals surface area contributed by atoms with Gasteiger partial charge < -0.3 is 30.5 Å². The van der Waals surface area contributed by atoms with Crippen LogP contribution in [0, 0.1) is 5.41 Å². The molecule has 1 atom stereocenters. The Hall–Kier alpha value is -3.73. The quantitative estimate of drug-likeness (QED) is 0.443. The number of carboxylic acids is 1. The number of piperazine rings is 1. The van der Waals surface area contributed by atoms with Crippen LogP contribution in [-0.4, -0.2) is 74.6 Å². The molecular formula is C24H30N8O3. The van der Waals surface area contributed by atoms with Crippen LogP contribution in [0.3, 0.4) is 0 Å². The lowest BCUT2D eigenvalue weighted by atomic mass is 9.63. The van der Waals surface area contributed by atoms with Gasteiger partial charge in [0.1, 0.15) is 11.5 Å². The summed E-state index contributed by atoms with van der Waals surface area (Å²) in [6.07, 6.45) is 6.95. The number of likely N-dealkylation sites (N-methyl/N-ethyl adjacent to an activating group) is 1. The molecule has 1 aliphatic carbocycles. The summed E-state index contributed by atoms with van der Waals surface area (Å²) in [7, 11) is 2.12. The maximum Gasteiger partial charge on any atom is 0.311 e. The number of aromatic nitrogens is 4. The molecule has 3 aromatic heterocycles. The fourth-order valence-corrected chi connectivity index (χ4v) is 5.06. The Balaban J connectivity index is 1.40. The number of carbonyl (C=O) groups excluding carboxylic acids is 1. The molecule has 2 fully saturated rings. The van der Waals surface area contributed by atoms with E-state index < -0.39 is 23.3 Å². The maximum atomic E-state index is 12.2. The largest absolute Gasteiger partial charge is 0.481 e. The van der Waals surface area contributed by atoms with Crippen LogP contribution in [-0.2, 0) is 9.59 Å². The van der Waals surface area contributed by atoms with Gasteiger partial charge in [-0.05, 0) is 38.1 Å². The SMILES string of the molecule is CN1CCN(c2ccc(Nc3ncc4ccn(C(CC(N)=O)C5(C(=O)O)CCC5)c4n3)cn2)CC1. The minimum atomic E-state index is -1.03. The number of nitrogens with two attached hydrogens (primary N) is 1. The summed E-state index contributed by atoms with van der Waals surface area (Å²) in [6.45, 7) is 3.90. The molecule has 35 heavy (non-hydrogen) atoms. The molecule has 184 valence electrons. The number of carbonyl (C=O) groups is 2. The lowest BCUT2D eigenvalue weighted by molar-refractivity contribution is -0.159. The third kappa shape index (κ3) is 4.39. The van der Waals surface area contributed by atoms with E-state index in [1.165, 1.54) is 0 Å². The first-order chi connectivity index (χ1) is 16.9. The number of hydrogen-bond donors (Lipinski definition) is 3. The highest BCUT2D eigenvalue weighted by Gasteiger charge is 2.52. The van der Waals surface area contributed by atoms with Crippen molar-refractivity contribution in [1.82, 2.24) is 24.4 Å². The summed E-state index contributed by atoms with van der Waals surface area (Å²) < 4.78 is 1.77. The molecule has 2 aliphatic rings. The fourth-order valence-electron chi connectivity index (χ4n) is 5.06. The topological polar surface area (TPSA) is 142 Å². The van der Waals surface area contributed by atoms with E-state index in [2.05, 4.69) is 37.1 Å². The summed E-state index contributed by atoms with van der Waals surface area (Å²) in [6, 6.07) is 5.13. The van der Waals surface area contributed by atoms with Crippen molar-refractivity contribution in [2.45, 2.75) is 31.7 Å². The average molecular weight is 479 g/mol. The standard InChI is InChI=1S/C24H30N8O3/c1-30-9-11-31(12-10-30)20-4-3-17(15-26-20)28-23-27-14-16-5-8-32(21(16)29-23)18(13-19(25)33)24(22(34)35)6-2-7-24/h3-5,8,14-15,18H,2,6-7,9-13H2,1H3,(H2,25,33)(H,34,35)(H,27,28,29). The number of aliphatic carboxylic acids is 1. The minimum absolute atomic E-state index is 0.0689. The summed E-state index contributed by atoms with van der Waals surface area (Å²) in [5, 5.41) is 13.9. The molecule has 5 rings (SSSR count). The van der Waals surface area contributed by atoms with Gasteiger partial charge in [0.15, 0.2) is 0 Å². The molecule has 0 bridgehead atoms. The Morgan fingerprint density at radius 2 is 1.91 bits per heavy atom. The summed E-state index contributed by atoms with van der Waals surface area (Å²) in [5.41, 5.74) is 5.80. The highest BCUT2D eigenvalue weighted by molar-refractivity contribution is 5.82. The molecule has 1 unspecified atom stereocenters. The lowest BCUT2D eigenvalue weighted by Crippen LogP contribution is -2.46. The number of hydrogen-bond acceptors (Lipinski definition) is 8. The Kier molecular flexibility index (Phi) is 6.01. The highest BCUT2D eigenvalue weighted by atomic mass is 16.4. The number of nitrogens with one attached hydrogen (secondary N) is 1. The van der Waals surface area contributed by atoms with Crippen LogP contribution in [0.25, 0.3) is 11.0 Å². The van der Waals surface area contributed by atoms with Crippen molar-refractivity contribution in [3.63, 3.8) is 0 Å². The first-order valence-electron chi connectivity index (χ1n) is 11.9. The van der Waals surface area contributed by atoms with E-state index in [-0.39, 0.29) is 6.42 Å². The van der Waals surface area contributed by atoms with Crippen LogP contribution < -0.4 is 16.0 Å². The van der Waals surface area contributed by atoms with Gasteiger partial charge in [0.05, 0.1) is 23.3 Å². The fraction of sp³-hybridized carbons (Fsp3) is 0.458. The van der Waals surface area contributed by atoms with Crippen LogP contribution in [0.2, 0.25) is 0 Å². The normalized spacial score (nSPS) is 18.7. The molecule has 3 aromatic rings. The number of rotatable bonds is 8. The molecular weight excluding hydrogens is 448 g/mol. The number of primary amides is 1. The Bertz CT molecular complexity index is 1230. The van der Waals surface area contributed by atoms with E-state index in [9.17, 15) is 14.7 Å². The van der Waals surface area contributed by atoms with Crippen molar-refractivity contribution in [2.24, 2.45) is 11.1 Å². The second-order valence-electron chi connectivity index (χ2n) is 9.52. The molecule has 0 radical (unpaired) electrons. The zero-order valence-corrected chi connectivity index (χ0v) is 19.7. The smallest absolute Gasteiger partial charge is 0.311 e. The number of carboxylic acid groups (broad SMARTS) is 1. The summed E-state index contributed by atoms with van der Waals surface area (Å²) in [4.78, 5) is 42.3. The number of anilines is 3. The minimum Gasteiger partial charge on any atom is -0.481 e. The maximum absolute atomic E-state index is 12.2. The summed E-state index contributed by atoms with van der Waals surface area (Å²) >= 11 is 0. The molecule has 4 N–H and O–H groups in total. The predicted molar refractivity (Wildman–Crippen MR) is 132 cm³/mol. The van der Waals surface area contributed by atoms with Crippen LogP contribution in [0.15, 0.2) is 36.8 Å². The number of amides is 1. The van der Waals surface area contributed by atoms with Gasteiger partial charge in [0.25, 0.3) is 0 Å². The van der Waals surface area contributed by atoms with E-state index in [1.807, 2.05) is 18.2 Å². The van der Waals surface area contributed by atoms with Gasteiger partial charge in [-0.2, -0.15) is 4.98 Å². The molecule has 11 heteroatoms. The van der Waals surface area contributed by atoms with Crippen LogP contribution in [0.4, 0.5) is 17.5 Å². The lowest BCUT2D eigenvalue weighted by Gasteiger charge is -2.44. The third-order valence-electron chi connectivity index (χ3n) is 7.33. The zero-order valence-electron chi connectivity index (χ0n) is 19.7. The van der Waals surface area contributed by atoms with E-state index in [0.29, 0.717) is 24.4 Å². The van der Waals surface area contributed by atoms with Gasteiger partial charge in [0.2, 0.25) is 11.9 Å². The molecule has 1 amide bonds. The zero-order chi connectivity index (χ0) is 24.6. The average Bonchev–Trinajstić information content (AvgIpc) is 3.21. The van der Waals surface area contributed by atoms with E-state index in [4.69, 9.17) is 5.73 Å².